The summed E-state index contributed by atoms with van der Waals surface area (Å²) in [5.74, 6) is -5.16. The van der Waals surface area contributed by atoms with Crippen molar-refractivity contribution in [3.63, 3.8) is 0 Å². The number of alkyl carbamates (subject to hydrolysis) is 1. The van der Waals surface area contributed by atoms with E-state index in [1.165, 1.54) is 18.9 Å². The van der Waals surface area contributed by atoms with Crippen LogP contribution in [0.2, 0.25) is 0 Å². The first-order chi connectivity index (χ1) is 40.6. The summed E-state index contributed by atoms with van der Waals surface area (Å²) in [6.07, 6.45) is -3.80. The Kier molecular flexibility index (Phi) is 22.4. The van der Waals surface area contributed by atoms with E-state index in [-0.39, 0.29) is 83.6 Å². The normalized spacial score (nSPS) is 20.4. The van der Waals surface area contributed by atoms with Crippen LogP contribution < -0.4 is 26.6 Å². The Morgan fingerprint density at radius 3 is 1.88 bits per heavy atom. The van der Waals surface area contributed by atoms with Crippen LogP contribution in [0.3, 0.4) is 0 Å². The molecule has 21 nitrogen and oxygen atoms in total. The van der Waals surface area contributed by atoms with Crippen LogP contribution >= 0.6 is 7.82 Å². The minimum absolute atomic E-state index is 0.0265. The fourth-order valence-electron chi connectivity index (χ4n) is 10.3. The fraction of sp³-hybridized carbons (Fsp3) is 0.403. The van der Waals surface area contributed by atoms with Gasteiger partial charge in [0.15, 0.2) is 0 Å². The zero-order valence-corrected chi connectivity index (χ0v) is 48.4. The van der Waals surface area contributed by atoms with Gasteiger partial charge in [-0.05, 0) is 64.6 Å². The number of esters is 1. The number of nitrogens with zero attached hydrogens (tertiary/aromatic N) is 1. The number of hydrogen-bond donors (Lipinski definition) is 5. The monoisotopic (exact) mass is 1170 g/mol. The summed E-state index contributed by atoms with van der Waals surface area (Å²) in [4.78, 5) is 101. The molecule has 6 amide bonds. The van der Waals surface area contributed by atoms with Crippen LogP contribution in [0.25, 0.3) is 11.1 Å². The predicted octanol–water partition coefficient (Wildman–Crippen LogP) is 6.63. The molecule has 8 rings (SSSR count). The highest BCUT2D eigenvalue weighted by Gasteiger charge is 2.47. The number of carbonyl (C=O) groups excluding carboxylic acids is 7. The maximum Gasteiger partial charge on any atom is 0.475 e. The van der Waals surface area contributed by atoms with Crippen molar-refractivity contribution >= 4 is 49.4 Å². The molecular formula is C62H73N6O15P. The summed E-state index contributed by atoms with van der Waals surface area (Å²) in [5.41, 5.74) is 5.88. The van der Waals surface area contributed by atoms with Crippen LogP contribution in [0.1, 0.15) is 80.2 Å². The van der Waals surface area contributed by atoms with Crippen molar-refractivity contribution in [1.82, 2.24) is 31.5 Å². The van der Waals surface area contributed by atoms with E-state index >= 15 is 14.2 Å². The van der Waals surface area contributed by atoms with Crippen LogP contribution in [0.4, 0.5) is 4.79 Å². The second-order valence-electron chi connectivity index (χ2n) is 21.2. The highest BCUT2D eigenvalue weighted by Crippen LogP contribution is 2.52. The van der Waals surface area contributed by atoms with Crippen molar-refractivity contribution in [3.05, 3.63) is 167 Å². The third kappa shape index (κ3) is 17.2. The quantitative estimate of drug-likeness (QED) is 0.0382. The molecule has 2 bridgehead atoms. The zero-order valence-electron chi connectivity index (χ0n) is 47.5. The van der Waals surface area contributed by atoms with Crippen molar-refractivity contribution in [3.8, 4) is 11.1 Å². The lowest BCUT2D eigenvalue weighted by Gasteiger charge is -2.33. The van der Waals surface area contributed by atoms with E-state index in [0.717, 1.165) is 27.8 Å². The topological polar surface area (TPSA) is 265 Å². The van der Waals surface area contributed by atoms with Gasteiger partial charge in [-0.2, -0.15) is 0 Å². The van der Waals surface area contributed by atoms with Crippen molar-refractivity contribution < 1.29 is 70.6 Å². The maximum absolute atomic E-state index is 15.6. The summed E-state index contributed by atoms with van der Waals surface area (Å²) in [5, 5.41) is 13.5. The molecular weight excluding hydrogens is 1100 g/mol. The molecule has 2 saturated heterocycles. The minimum atomic E-state index is -4.72. The predicted molar refractivity (Wildman–Crippen MR) is 308 cm³/mol. The molecule has 5 aromatic rings. The smallest absolute Gasteiger partial charge is 0.467 e. The zero-order chi connectivity index (χ0) is 59.6. The van der Waals surface area contributed by atoms with Gasteiger partial charge in [0, 0.05) is 31.8 Å². The van der Waals surface area contributed by atoms with Crippen molar-refractivity contribution in [2.24, 2.45) is 5.92 Å². The average molecular weight is 1170 g/mol. The first-order valence-corrected chi connectivity index (χ1v) is 29.6. The van der Waals surface area contributed by atoms with E-state index in [4.69, 9.17) is 32.5 Å². The molecule has 0 radical (unpaired) electrons. The molecule has 5 aromatic carbocycles. The largest absolute Gasteiger partial charge is 0.475 e. The SMILES string of the molecule is COC(=O)[C@H](CC(C)C)NC(=O)[C@@H]1C[C@@H]2CN1C(=O)[C@H]([C@@H](C)OP(=O)(OCc1ccccc1)OCc1ccccc1)NC(=O)[C@H](COCc1ccccc1)NC(=O)[C@@H](NC(=O)OCC1c3ccccc3-c3ccccc31)CCC(=O)NCCO2. The fourth-order valence-corrected chi connectivity index (χ4v) is 11.6. The molecule has 84 heavy (non-hydrogen) atoms. The van der Waals surface area contributed by atoms with Gasteiger partial charge in [-0.15, -0.1) is 0 Å². The molecule has 5 N–H and O–H groups in total. The van der Waals surface area contributed by atoms with E-state index in [2.05, 4.69) is 26.6 Å². The summed E-state index contributed by atoms with van der Waals surface area (Å²) in [7, 11) is -3.52. The molecule has 0 unspecified atom stereocenters. The Balaban J connectivity index is 1.11. The lowest BCUT2D eigenvalue weighted by molar-refractivity contribution is -0.148. The number of benzene rings is 5. The summed E-state index contributed by atoms with van der Waals surface area (Å²) >= 11 is 0. The van der Waals surface area contributed by atoms with E-state index in [9.17, 15) is 24.0 Å². The number of phosphoric acid groups is 1. The van der Waals surface area contributed by atoms with Gasteiger partial charge in [0.2, 0.25) is 29.5 Å². The number of methoxy groups -OCH3 is 1. The first kappa shape index (κ1) is 62.3. The van der Waals surface area contributed by atoms with Crippen LogP contribution in [0, 0.1) is 5.92 Å². The second-order valence-corrected chi connectivity index (χ2v) is 22.8. The van der Waals surface area contributed by atoms with Gasteiger partial charge in [0.05, 0.1) is 52.4 Å². The number of carbonyl (C=O) groups is 7. The summed E-state index contributed by atoms with van der Waals surface area (Å²) < 4.78 is 56.3. The van der Waals surface area contributed by atoms with Crippen LogP contribution in [-0.2, 0) is 85.7 Å². The molecule has 7 atom stereocenters. The van der Waals surface area contributed by atoms with Crippen molar-refractivity contribution in [1.29, 1.82) is 0 Å². The molecule has 1 aliphatic carbocycles. The maximum atomic E-state index is 15.6. The Morgan fingerprint density at radius 1 is 0.726 bits per heavy atom. The van der Waals surface area contributed by atoms with Crippen LogP contribution in [0.15, 0.2) is 140 Å². The summed E-state index contributed by atoms with van der Waals surface area (Å²) in [6, 6.07) is 34.8. The molecule has 446 valence electrons. The number of rotatable bonds is 21. The second kappa shape index (κ2) is 30.2. The average Bonchev–Trinajstić information content (AvgIpc) is 3.01. The Hall–Kier alpha value is -7.78. The Bertz CT molecular complexity index is 3010. The van der Waals surface area contributed by atoms with Gasteiger partial charge >= 0.3 is 19.9 Å². The van der Waals surface area contributed by atoms with E-state index in [1.807, 2.05) is 68.4 Å². The van der Waals surface area contributed by atoms with Crippen molar-refractivity contribution in [2.45, 2.75) is 115 Å². The number of phosphoric ester groups is 1. The van der Waals surface area contributed by atoms with Gasteiger partial charge in [-0.3, -0.25) is 37.5 Å². The first-order valence-electron chi connectivity index (χ1n) is 28.1. The van der Waals surface area contributed by atoms with Gasteiger partial charge in [0.1, 0.15) is 36.8 Å². The number of ether oxygens (including phenoxy) is 4. The van der Waals surface area contributed by atoms with E-state index < -0.39 is 98.4 Å². The molecule has 2 heterocycles. The van der Waals surface area contributed by atoms with Gasteiger partial charge in [-0.1, -0.05) is 153 Å². The minimum Gasteiger partial charge on any atom is -0.467 e. The molecule has 0 spiro atoms. The van der Waals surface area contributed by atoms with Gasteiger partial charge in [0.25, 0.3) is 0 Å². The van der Waals surface area contributed by atoms with Crippen LogP contribution in [0.5, 0.6) is 0 Å². The molecule has 22 heteroatoms. The molecule has 2 aliphatic heterocycles. The van der Waals surface area contributed by atoms with Crippen LogP contribution in [-0.4, -0.2) is 129 Å². The third-order valence-corrected chi connectivity index (χ3v) is 16.1. The van der Waals surface area contributed by atoms with Gasteiger partial charge < -0.3 is 50.4 Å². The van der Waals surface area contributed by atoms with Crippen molar-refractivity contribution in [2.75, 3.05) is 40.0 Å². The standard InChI is InChI=1S/C62H73N6O15P/c1-40(2)32-52(61(74)77-4)64-59(72)54-33-45-34-68(54)60(73)56(41(3)83-84(76,81-36-43-20-10-6-11-21-43)82-37-44-22-12-7-13-23-44)67-58(71)53(39-78-35-42-18-8-5-9-19-42)65-57(70)51(28-29-55(69)63-30-31-79-45)66-62(75)80-38-50-48-26-16-14-24-46(48)47-25-15-17-27-49(47)50/h5-27,40-41,45,50-54,56H,28-39H2,1-4H3,(H,63,69)(H,64,72)(H,65,70)(H,66,75)(H,67,71)/t41-,45-,51+,52+,53+,54+,56+/m1/s1. The number of amides is 6. The Labute approximate surface area is 488 Å². The molecule has 0 aromatic heterocycles. The van der Waals surface area contributed by atoms with E-state index in [0.29, 0.717) is 11.1 Å². The third-order valence-electron chi connectivity index (χ3n) is 14.6. The Morgan fingerprint density at radius 2 is 1.30 bits per heavy atom. The number of nitrogens with one attached hydrogen (secondary N) is 5. The molecule has 2 fully saturated rings. The lowest BCUT2D eigenvalue weighted by Crippen LogP contribution is -2.62. The highest BCUT2D eigenvalue weighted by atomic mass is 31.2. The molecule has 3 aliphatic rings. The number of hydrogen-bond acceptors (Lipinski definition) is 15. The van der Waals surface area contributed by atoms with E-state index in [1.54, 1.807) is 84.9 Å². The lowest BCUT2D eigenvalue weighted by atomic mass is 9.98. The summed E-state index contributed by atoms with van der Waals surface area (Å²) in [6.45, 7) is 3.62. The highest BCUT2D eigenvalue weighted by molar-refractivity contribution is 7.48. The molecule has 0 saturated carbocycles. The van der Waals surface area contributed by atoms with Gasteiger partial charge in [-0.25, -0.2) is 14.2 Å². The number of fused-ring (bicyclic) bond motifs is 5.